The zero-order valence-corrected chi connectivity index (χ0v) is 23.9. The summed E-state index contributed by atoms with van der Waals surface area (Å²) in [6.07, 6.45) is 1.23. The number of halogens is 4. The van der Waals surface area contributed by atoms with E-state index in [-0.39, 0.29) is 56.6 Å². The van der Waals surface area contributed by atoms with Crippen molar-refractivity contribution in [3.63, 3.8) is 0 Å². The molecular formula is C23H21Cl4N3O5S2. The smallest absolute Gasteiger partial charge is 0.261 e. The molecule has 0 aliphatic carbocycles. The number of benzene rings is 3. The third-order valence-corrected chi connectivity index (χ3v) is 8.92. The highest BCUT2D eigenvalue weighted by molar-refractivity contribution is 7.92. The van der Waals surface area contributed by atoms with Crippen molar-refractivity contribution in [2.24, 2.45) is 0 Å². The monoisotopic (exact) mass is 623 g/mol. The van der Waals surface area contributed by atoms with E-state index in [2.05, 4.69) is 10.0 Å². The SMILES string of the molecule is CS(=O)(=O)N(CCCC(=O)Nc1ccc(S(=O)(=O)Nc2cccc(Cl)c2Cl)cc1)c1cc(Cl)ccc1Cl. The molecule has 0 aliphatic heterocycles. The molecule has 37 heavy (non-hydrogen) atoms. The molecule has 1 amide bonds. The van der Waals surface area contributed by atoms with E-state index in [0.29, 0.717) is 10.7 Å². The van der Waals surface area contributed by atoms with Crippen LogP contribution in [0.5, 0.6) is 0 Å². The van der Waals surface area contributed by atoms with Gasteiger partial charge in [0.1, 0.15) is 0 Å². The average molecular weight is 625 g/mol. The first-order chi connectivity index (χ1) is 17.3. The van der Waals surface area contributed by atoms with Gasteiger partial charge in [0.15, 0.2) is 0 Å². The maximum atomic E-state index is 12.7. The number of nitrogens with zero attached hydrogens (tertiary/aromatic N) is 1. The fourth-order valence-corrected chi connectivity index (χ4v) is 6.13. The molecule has 0 aliphatic rings. The summed E-state index contributed by atoms with van der Waals surface area (Å²) in [6, 6.07) is 14.6. The molecular weight excluding hydrogens is 604 g/mol. The van der Waals surface area contributed by atoms with E-state index in [1.807, 2.05) is 0 Å². The van der Waals surface area contributed by atoms with E-state index in [0.717, 1.165) is 10.6 Å². The van der Waals surface area contributed by atoms with Crippen LogP contribution in [0.3, 0.4) is 0 Å². The zero-order chi connectivity index (χ0) is 27.4. The molecule has 3 aromatic carbocycles. The van der Waals surface area contributed by atoms with Crippen LogP contribution < -0.4 is 14.3 Å². The largest absolute Gasteiger partial charge is 0.326 e. The molecule has 0 spiro atoms. The van der Waals surface area contributed by atoms with Crippen molar-refractivity contribution in [1.29, 1.82) is 0 Å². The molecule has 198 valence electrons. The number of hydrogen-bond donors (Lipinski definition) is 2. The number of anilines is 3. The Morgan fingerprint density at radius 2 is 1.57 bits per heavy atom. The topological polar surface area (TPSA) is 113 Å². The predicted molar refractivity (Wildman–Crippen MR) is 150 cm³/mol. The van der Waals surface area contributed by atoms with Crippen LogP contribution in [0.2, 0.25) is 20.1 Å². The molecule has 3 rings (SSSR count). The van der Waals surface area contributed by atoms with E-state index in [1.165, 1.54) is 48.5 Å². The van der Waals surface area contributed by atoms with E-state index in [4.69, 9.17) is 46.4 Å². The number of rotatable bonds is 10. The van der Waals surface area contributed by atoms with Crippen LogP contribution in [-0.4, -0.2) is 35.5 Å². The molecule has 0 bridgehead atoms. The number of nitrogens with one attached hydrogen (secondary N) is 2. The van der Waals surface area contributed by atoms with Crippen molar-refractivity contribution in [3.8, 4) is 0 Å². The lowest BCUT2D eigenvalue weighted by Gasteiger charge is -2.23. The summed E-state index contributed by atoms with van der Waals surface area (Å²) in [4.78, 5) is 12.4. The first-order valence-corrected chi connectivity index (χ1v) is 15.4. The highest BCUT2D eigenvalue weighted by Crippen LogP contribution is 2.32. The Kier molecular flexibility index (Phi) is 9.60. The fourth-order valence-electron chi connectivity index (χ4n) is 3.25. The molecule has 14 heteroatoms. The summed E-state index contributed by atoms with van der Waals surface area (Å²) in [5.41, 5.74) is 0.720. The highest BCUT2D eigenvalue weighted by Gasteiger charge is 2.21. The van der Waals surface area contributed by atoms with Crippen molar-refractivity contribution in [2.75, 3.05) is 27.1 Å². The number of carbonyl (C=O) groups excluding carboxylic acids is 1. The summed E-state index contributed by atoms with van der Waals surface area (Å²) < 4.78 is 53.4. The predicted octanol–water partition coefficient (Wildman–Crippen LogP) is 6.29. The van der Waals surface area contributed by atoms with Gasteiger partial charge in [-0.2, -0.15) is 0 Å². The third kappa shape index (κ3) is 7.89. The fraction of sp³-hybridized carbons (Fsp3) is 0.174. The third-order valence-electron chi connectivity index (χ3n) is 4.99. The number of hydrogen-bond acceptors (Lipinski definition) is 5. The maximum Gasteiger partial charge on any atom is 0.261 e. The van der Waals surface area contributed by atoms with Crippen molar-refractivity contribution in [1.82, 2.24) is 0 Å². The molecule has 0 fully saturated rings. The Morgan fingerprint density at radius 3 is 2.22 bits per heavy atom. The first kappa shape index (κ1) is 29.3. The van der Waals surface area contributed by atoms with E-state index in [9.17, 15) is 21.6 Å². The average Bonchev–Trinajstić information content (AvgIpc) is 2.81. The Hall–Kier alpha value is -2.21. The van der Waals surface area contributed by atoms with Gasteiger partial charge in [0.05, 0.1) is 37.6 Å². The van der Waals surface area contributed by atoms with Gasteiger partial charge in [-0.3, -0.25) is 13.8 Å². The van der Waals surface area contributed by atoms with Crippen LogP contribution in [0.1, 0.15) is 12.8 Å². The Bertz CT molecular complexity index is 1520. The molecule has 0 saturated carbocycles. The van der Waals surface area contributed by atoms with Crippen molar-refractivity contribution < 1.29 is 21.6 Å². The second-order valence-electron chi connectivity index (χ2n) is 7.81. The molecule has 2 N–H and O–H groups in total. The van der Waals surface area contributed by atoms with Gasteiger partial charge in [-0.25, -0.2) is 16.8 Å². The molecule has 0 atom stereocenters. The lowest BCUT2D eigenvalue weighted by atomic mass is 10.2. The normalized spacial score (nSPS) is 11.7. The Labute approximate surface area is 235 Å². The summed E-state index contributed by atoms with van der Waals surface area (Å²) in [5, 5.41) is 3.46. The molecule has 0 heterocycles. The van der Waals surface area contributed by atoms with E-state index in [1.54, 1.807) is 12.1 Å². The van der Waals surface area contributed by atoms with Gasteiger partial charge in [-0.1, -0.05) is 52.5 Å². The van der Waals surface area contributed by atoms with Crippen LogP contribution in [-0.2, 0) is 24.8 Å². The van der Waals surface area contributed by atoms with Crippen LogP contribution in [0.25, 0.3) is 0 Å². The van der Waals surface area contributed by atoms with Gasteiger partial charge < -0.3 is 5.32 Å². The van der Waals surface area contributed by atoms with Crippen LogP contribution in [0.4, 0.5) is 17.1 Å². The minimum atomic E-state index is -3.96. The van der Waals surface area contributed by atoms with Crippen LogP contribution in [0, 0.1) is 0 Å². The van der Waals surface area contributed by atoms with E-state index >= 15 is 0 Å². The summed E-state index contributed by atoms with van der Waals surface area (Å²) in [6.45, 7) is 0.00122. The standard InChI is InChI=1S/C23H21Cl4N3O5S2/c1-36(32,33)30(21-14-15(24)7-12-18(21)25)13-3-6-22(31)28-16-8-10-17(11-9-16)37(34,35)29-20-5-2-4-19(26)23(20)27/h2,4-5,7-12,14,29H,3,6,13H2,1H3,(H,28,31). The second-order valence-corrected chi connectivity index (χ2v) is 13.0. The van der Waals surface area contributed by atoms with Gasteiger partial charge in [-0.05, 0) is 61.0 Å². The Morgan fingerprint density at radius 1 is 0.892 bits per heavy atom. The van der Waals surface area contributed by atoms with Crippen LogP contribution >= 0.6 is 46.4 Å². The highest BCUT2D eigenvalue weighted by atomic mass is 35.5. The second kappa shape index (κ2) is 12.1. The molecule has 0 radical (unpaired) electrons. The van der Waals surface area contributed by atoms with Crippen molar-refractivity contribution in [2.45, 2.75) is 17.7 Å². The minimum Gasteiger partial charge on any atom is -0.326 e. The van der Waals surface area contributed by atoms with Gasteiger partial charge >= 0.3 is 0 Å². The van der Waals surface area contributed by atoms with Gasteiger partial charge in [-0.15, -0.1) is 0 Å². The van der Waals surface area contributed by atoms with Crippen molar-refractivity contribution in [3.05, 3.63) is 80.8 Å². The summed E-state index contributed by atoms with van der Waals surface area (Å²) in [7, 11) is -7.64. The summed E-state index contributed by atoms with van der Waals surface area (Å²) in [5.74, 6) is -0.384. The Balaban J connectivity index is 1.61. The molecule has 0 saturated heterocycles. The van der Waals surface area contributed by atoms with Crippen LogP contribution in [0.15, 0.2) is 65.6 Å². The van der Waals surface area contributed by atoms with Gasteiger partial charge in [0.25, 0.3) is 10.0 Å². The summed E-state index contributed by atoms with van der Waals surface area (Å²) >= 11 is 24.1. The quantitative estimate of drug-likeness (QED) is 0.275. The number of amides is 1. The first-order valence-electron chi connectivity index (χ1n) is 10.6. The zero-order valence-electron chi connectivity index (χ0n) is 19.2. The van der Waals surface area contributed by atoms with E-state index < -0.39 is 20.0 Å². The molecule has 0 unspecified atom stereocenters. The van der Waals surface area contributed by atoms with Crippen molar-refractivity contribution >= 4 is 89.4 Å². The number of sulfonamides is 2. The molecule has 3 aromatic rings. The minimum absolute atomic E-state index is 0.000917. The lowest BCUT2D eigenvalue weighted by Crippen LogP contribution is -2.31. The number of carbonyl (C=O) groups is 1. The molecule has 0 aromatic heterocycles. The van der Waals surface area contributed by atoms with Gasteiger partial charge in [0, 0.05) is 23.7 Å². The maximum absolute atomic E-state index is 12.7. The van der Waals surface area contributed by atoms with Gasteiger partial charge in [0.2, 0.25) is 15.9 Å². The lowest BCUT2D eigenvalue weighted by molar-refractivity contribution is -0.116. The molecule has 8 nitrogen and oxygen atoms in total.